The van der Waals surface area contributed by atoms with Crippen LogP contribution in [0.25, 0.3) is 0 Å². The van der Waals surface area contributed by atoms with Crippen molar-refractivity contribution in [2.45, 2.75) is 309 Å². The van der Waals surface area contributed by atoms with E-state index in [0.717, 1.165) is 89.9 Å². The summed E-state index contributed by atoms with van der Waals surface area (Å²) in [6.45, 7) is 6.61. The number of esters is 3. The van der Waals surface area contributed by atoms with Crippen LogP contribution in [0.4, 0.5) is 0 Å². The molecule has 0 heterocycles. The summed E-state index contributed by atoms with van der Waals surface area (Å²) in [6, 6.07) is 0. The third-order valence-corrected chi connectivity index (χ3v) is 13.1. The summed E-state index contributed by atoms with van der Waals surface area (Å²) in [6.07, 6.45) is 72.0. The quantitative estimate of drug-likeness (QED) is 0.0199. The monoisotopic (exact) mass is 965 g/mol. The first-order chi connectivity index (χ1) is 34.0. The van der Waals surface area contributed by atoms with E-state index in [1.165, 1.54) is 173 Å². The lowest BCUT2D eigenvalue weighted by molar-refractivity contribution is -0.167. The molecule has 0 rings (SSSR count). The first-order valence-corrected chi connectivity index (χ1v) is 29.8. The summed E-state index contributed by atoms with van der Waals surface area (Å²) >= 11 is 0. The maximum Gasteiger partial charge on any atom is 0.306 e. The number of rotatable bonds is 54. The topological polar surface area (TPSA) is 78.9 Å². The summed E-state index contributed by atoms with van der Waals surface area (Å²) < 4.78 is 16.9. The van der Waals surface area contributed by atoms with Crippen molar-refractivity contribution >= 4 is 17.9 Å². The number of carbonyl (C=O) groups is 3. The second-order valence-electron chi connectivity index (χ2n) is 20.0. The Labute approximate surface area is 428 Å². The van der Waals surface area contributed by atoms with Gasteiger partial charge in [-0.05, 0) is 77.0 Å². The van der Waals surface area contributed by atoms with Gasteiger partial charge < -0.3 is 14.2 Å². The molecule has 0 saturated heterocycles. The van der Waals surface area contributed by atoms with E-state index in [4.69, 9.17) is 14.2 Å². The van der Waals surface area contributed by atoms with Crippen molar-refractivity contribution in [3.8, 4) is 0 Å². The largest absolute Gasteiger partial charge is 0.462 e. The van der Waals surface area contributed by atoms with Gasteiger partial charge in [-0.15, -0.1) is 0 Å². The highest BCUT2D eigenvalue weighted by Gasteiger charge is 2.19. The average molecular weight is 966 g/mol. The first-order valence-electron chi connectivity index (χ1n) is 29.8. The third-order valence-electron chi connectivity index (χ3n) is 13.1. The zero-order valence-electron chi connectivity index (χ0n) is 45.8. The Morgan fingerprint density at radius 1 is 0.304 bits per heavy atom. The van der Waals surface area contributed by atoms with Gasteiger partial charge in [0.1, 0.15) is 13.2 Å². The van der Waals surface area contributed by atoms with Crippen LogP contribution in [0.5, 0.6) is 0 Å². The summed E-state index contributed by atoms with van der Waals surface area (Å²) in [4.78, 5) is 38.2. The molecule has 0 aliphatic rings. The van der Waals surface area contributed by atoms with Crippen molar-refractivity contribution in [1.29, 1.82) is 0 Å². The lowest BCUT2D eigenvalue weighted by atomic mass is 10.0. The van der Waals surface area contributed by atoms with Crippen molar-refractivity contribution in [2.24, 2.45) is 0 Å². The van der Waals surface area contributed by atoms with Crippen LogP contribution in [0.2, 0.25) is 0 Å². The molecular formula is C63H112O6. The summed E-state index contributed by atoms with van der Waals surface area (Å²) in [5, 5.41) is 0. The van der Waals surface area contributed by atoms with E-state index in [9.17, 15) is 14.4 Å². The van der Waals surface area contributed by atoms with Crippen molar-refractivity contribution in [2.75, 3.05) is 13.2 Å². The van der Waals surface area contributed by atoms with Crippen molar-refractivity contribution in [1.82, 2.24) is 0 Å². The number of hydrogen-bond donors (Lipinski definition) is 0. The van der Waals surface area contributed by atoms with Gasteiger partial charge in [0.05, 0.1) is 0 Å². The van der Waals surface area contributed by atoms with E-state index in [0.29, 0.717) is 19.3 Å². The lowest BCUT2D eigenvalue weighted by Crippen LogP contribution is -2.30. The van der Waals surface area contributed by atoms with Crippen LogP contribution in [0.15, 0.2) is 60.8 Å². The van der Waals surface area contributed by atoms with Crippen LogP contribution in [-0.4, -0.2) is 37.2 Å². The van der Waals surface area contributed by atoms with E-state index in [-0.39, 0.29) is 31.1 Å². The Bertz CT molecular complexity index is 1250. The minimum absolute atomic E-state index is 0.0816. The molecule has 0 N–H and O–H groups in total. The molecule has 0 aromatic rings. The number of hydrogen-bond acceptors (Lipinski definition) is 6. The standard InChI is InChI=1S/C63H112O6/c1-4-7-10-13-16-19-22-25-28-31-33-35-38-41-44-47-50-53-56-62(65)68-59-60(58-67-61(64)55-52-49-46-43-40-37-34-30-27-24-21-18-15-12-9-6-3)69-63(66)57-54-51-48-45-42-39-36-32-29-26-23-20-17-14-11-8-5-2/h17,20,22,25-26,28-29,31,33,35,60H,4-16,18-19,21,23-24,27,30,32,34,36-59H2,1-3H3/b20-17-,25-22-,29-26-,31-28-,35-33-. The van der Waals surface area contributed by atoms with E-state index in [2.05, 4.69) is 81.5 Å². The molecule has 0 saturated carbocycles. The minimum atomic E-state index is -0.786. The Morgan fingerprint density at radius 2 is 0.580 bits per heavy atom. The summed E-state index contributed by atoms with van der Waals surface area (Å²) in [5.41, 5.74) is 0. The van der Waals surface area contributed by atoms with E-state index in [1.807, 2.05) is 0 Å². The van der Waals surface area contributed by atoms with Crippen molar-refractivity contribution in [3.63, 3.8) is 0 Å². The molecule has 6 heteroatoms. The highest BCUT2D eigenvalue weighted by atomic mass is 16.6. The predicted octanol–water partition coefficient (Wildman–Crippen LogP) is 20.0. The molecule has 0 bridgehead atoms. The maximum absolute atomic E-state index is 12.9. The fraction of sp³-hybridized carbons (Fsp3) is 0.794. The molecule has 0 aromatic heterocycles. The average Bonchev–Trinajstić information content (AvgIpc) is 3.35. The SMILES string of the molecule is CCCCC/C=C\C/C=C\CCCCCCCCCC(=O)OC(COC(=O)CCCCCCC\C=C/C=C\C=C/CCCCCCC)COC(=O)CCCCCCCCCCCCCCCCCC. The molecule has 1 unspecified atom stereocenters. The van der Waals surface area contributed by atoms with Gasteiger partial charge in [0.2, 0.25) is 0 Å². The van der Waals surface area contributed by atoms with Crippen LogP contribution < -0.4 is 0 Å². The lowest BCUT2D eigenvalue weighted by Gasteiger charge is -2.18. The Balaban J connectivity index is 4.41. The molecule has 6 nitrogen and oxygen atoms in total. The van der Waals surface area contributed by atoms with E-state index in [1.54, 1.807) is 0 Å². The minimum Gasteiger partial charge on any atom is -0.462 e. The maximum atomic E-state index is 12.9. The fourth-order valence-electron chi connectivity index (χ4n) is 8.53. The smallest absolute Gasteiger partial charge is 0.306 e. The molecule has 0 fully saturated rings. The van der Waals surface area contributed by atoms with Gasteiger partial charge in [0, 0.05) is 19.3 Å². The molecule has 0 aromatic carbocycles. The molecule has 0 amide bonds. The molecule has 69 heavy (non-hydrogen) atoms. The van der Waals surface area contributed by atoms with E-state index >= 15 is 0 Å². The number of unbranched alkanes of at least 4 members (excludes halogenated alkanes) is 35. The molecule has 1 atom stereocenters. The molecule has 0 aliphatic heterocycles. The van der Waals surface area contributed by atoms with Gasteiger partial charge in [-0.3, -0.25) is 14.4 Å². The zero-order chi connectivity index (χ0) is 50.0. The van der Waals surface area contributed by atoms with Crippen LogP contribution in [-0.2, 0) is 28.6 Å². The Morgan fingerprint density at radius 3 is 0.942 bits per heavy atom. The van der Waals surface area contributed by atoms with Crippen molar-refractivity contribution in [3.05, 3.63) is 60.8 Å². The van der Waals surface area contributed by atoms with Gasteiger partial charge in [-0.1, -0.05) is 268 Å². The zero-order valence-corrected chi connectivity index (χ0v) is 45.8. The Hall–Kier alpha value is -2.89. The molecule has 0 aliphatic carbocycles. The number of allylic oxidation sites excluding steroid dienone is 10. The molecular weight excluding hydrogens is 853 g/mol. The summed E-state index contributed by atoms with van der Waals surface area (Å²) in [5.74, 6) is -0.896. The second kappa shape index (κ2) is 57.7. The van der Waals surface area contributed by atoms with E-state index < -0.39 is 6.10 Å². The first kappa shape index (κ1) is 66.1. The third kappa shape index (κ3) is 55.9. The van der Waals surface area contributed by atoms with Gasteiger partial charge >= 0.3 is 17.9 Å². The van der Waals surface area contributed by atoms with Gasteiger partial charge in [0.25, 0.3) is 0 Å². The normalized spacial score (nSPS) is 12.4. The van der Waals surface area contributed by atoms with Crippen LogP contribution >= 0.6 is 0 Å². The highest BCUT2D eigenvalue weighted by Crippen LogP contribution is 2.16. The van der Waals surface area contributed by atoms with Gasteiger partial charge in [-0.2, -0.15) is 0 Å². The van der Waals surface area contributed by atoms with Gasteiger partial charge in [-0.25, -0.2) is 0 Å². The second-order valence-corrected chi connectivity index (χ2v) is 20.0. The van der Waals surface area contributed by atoms with Crippen LogP contribution in [0, 0.1) is 0 Å². The summed E-state index contributed by atoms with van der Waals surface area (Å²) in [7, 11) is 0. The fourth-order valence-corrected chi connectivity index (χ4v) is 8.53. The van der Waals surface area contributed by atoms with Crippen LogP contribution in [0.3, 0.4) is 0 Å². The number of carbonyl (C=O) groups excluding carboxylic acids is 3. The number of ether oxygens (including phenoxy) is 3. The van der Waals surface area contributed by atoms with Crippen molar-refractivity contribution < 1.29 is 28.6 Å². The van der Waals surface area contributed by atoms with Crippen LogP contribution in [0.1, 0.15) is 303 Å². The highest BCUT2D eigenvalue weighted by molar-refractivity contribution is 5.71. The predicted molar refractivity (Wildman–Crippen MR) is 298 cm³/mol. The molecule has 400 valence electrons. The molecule has 0 spiro atoms. The molecule has 0 radical (unpaired) electrons. The van der Waals surface area contributed by atoms with Gasteiger partial charge in [0.15, 0.2) is 6.10 Å². The Kier molecular flexibility index (Phi) is 55.3.